The maximum absolute atomic E-state index is 10.5. The highest BCUT2D eigenvalue weighted by Crippen LogP contribution is 2.30. The molecule has 0 unspecified atom stereocenters. The Balaban J connectivity index is 0.000000189. The molecule has 7 nitrogen and oxygen atoms in total. The Morgan fingerprint density at radius 2 is 1.69 bits per heavy atom. The molecule has 183 valence electrons. The van der Waals surface area contributed by atoms with Crippen molar-refractivity contribution < 1.29 is 14.5 Å². The van der Waals surface area contributed by atoms with Gasteiger partial charge < -0.3 is 20.7 Å². The van der Waals surface area contributed by atoms with E-state index in [0.29, 0.717) is 45.2 Å². The van der Waals surface area contributed by atoms with Gasteiger partial charge in [-0.15, -0.1) is 22.7 Å². The van der Waals surface area contributed by atoms with Crippen molar-refractivity contribution >= 4 is 110 Å². The molecule has 0 spiro atoms. The molecule has 0 saturated carbocycles. The Morgan fingerprint density at radius 1 is 1.03 bits per heavy atom. The van der Waals surface area contributed by atoms with E-state index >= 15 is 0 Å². The third-order valence-corrected chi connectivity index (χ3v) is 7.30. The highest BCUT2D eigenvalue weighted by molar-refractivity contribution is 9.11. The average molecular weight is 656 g/mol. The number of hydrogen-bond acceptors (Lipinski definition) is 8. The molecule has 2 heterocycles. The van der Waals surface area contributed by atoms with Crippen molar-refractivity contribution in [1.29, 1.82) is 0 Å². The predicted octanol–water partition coefficient (Wildman–Crippen LogP) is 7.46. The Bertz CT molecular complexity index is 1280. The number of benzene rings is 2. The molecule has 0 aliphatic rings. The van der Waals surface area contributed by atoms with Crippen molar-refractivity contribution in [3.63, 3.8) is 0 Å². The van der Waals surface area contributed by atoms with E-state index < -0.39 is 0 Å². The van der Waals surface area contributed by atoms with Crippen LogP contribution in [0.3, 0.4) is 0 Å². The molecule has 4 rings (SSSR count). The van der Waals surface area contributed by atoms with Crippen LogP contribution in [0.25, 0.3) is 10.6 Å². The maximum atomic E-state index is 10.5. The smallest absolute Gasteiger partial charge is 0.537 e. The number of rotatable bonds is 4. The summed E-state index contributed by atoms with van der Waals surface area (Å²) in [7, 11) is 0.583. The molecule has 0 aliphatic heterocycles. The van der Waals surface area contributed by atoms with E-state index in [1.807, 2.05) is 6.07 Å². The second kappa shape index (κ2) is 14.9. The van der Waals surface area contributed by atoms with Crippen LogP contribution in [-0.4, -0.2) is 28.6 Å². The number of anilines is 2. The fraction of sp³-hybridized carbons (Fsp3) is 0.0500. The number of nitrogens with one attached hydrogen (secondary N) is 1. The standard InChI is InChI=1S/C9H6Cl2N2S.C6H4BCl2O2.C5H5BrN2OS/c10-6-2-1-5(3-7(6)11)9-13-8(12)4-14-9;8-5-2-1-4(11-7-10)3-6(5)9;1-3(9)7-4-2-10-5(6)8-4/h1-4H,12H2;1-3,10H;2H,1H3,(H,7,9). The normalized spacial score (nSPS) is 9.80. The van der Waals surface area contributed by atoms with Gasteiger partial charge in [-0.3, -0.25) is 4.79 Å². The zero-order valence-corrected chi connectivity index (χ0v) is 23.9. The Morgan fingerprint density at radius 3 is 2.17 bits per heavy atom. The molecule has 4 aromatic rings. The Kier molecular flexibility index (Phi) is 12.6. The summed E-state index contributed by atoms with van der Waals surface area (Å²) in [5, 5.41) is 17.1. The molecule has 35 heavy (non-hydrogen) atoms. The topological polar surface area (TPSA) is 110 Å². The number of nitrogens with zero attached hydrogens (tertiary/aromatic N) is 2. The van der Waals surface area contributed by atoms with E-state index in [1.54, 1.807) is 35.0 Å². The fourth-order valence-corrected chi connectivity index (χ4v) is 4.38. The summed E-state index contributed by atoms with van der Waals surface area (Å²) in [6, 6.07) is 10.1. The molecule has 1 radical (unpaired) electrons. The zero-order chi connectivity index (χ0) is 26.0. The molecule has 0 saturated heterocycles. The second-order valence-electron chi connectivity index (χ2n) is 6.17. The first-order valence-corrected chi connectivity index (χ1v) is 13.3. The van der Waals surface area contributed by atoms with Crippen LogP contribution in [0.15, 0.2) is 51.1 Å². The average Bonchev–Trinajstić information content (AvgIpc) is 3.41. The third kappa shape index (κ3) is 10.5. The SMILES string of the molecule is CC(=O)Nc1csc(Br)n1.Nc1csc(-c2ccc(Cl)c(Cl)c2)n1.O[B]Oc1ccc(Cl)c(Cl)c1. The quantitative estimate of drug-likeness (QED) is 0.197. The van der Waals surface area contributed by atoms with Gasteiger partial charge in [0.15, 0.2) is 3.92 Å². The second-order valence-corrected chi connectivity index (χ2v) is 10.8. The first-order valence-electron chi connectivity index (χ1n) is 9.21. The largest absolute Gasteiger partial charge is 0.569 e. The summed E-state index contributed by atoms with van der Waals surface area (Å²) in [5.41, 5.74) is 6.46. The van der Waals surface area contributed by atoms with Crippen molar-refractivity contribution in [2.45, 2.75) is 6.92 Å². The van der Waals surface area contributed by atoms with Gasteiger partial charge in [-0.25, -0.2) is 9.97 Å². The van der Waals surface area contributed by atoms with Gasteiger partial charge in [0.25, 0.3) is 0 Å². The Hall–Kier alpha value is -1.57. The number of carbonyl (C=O) groups is 1. The van der Waals surface area contributed by atoms with Crippen molar-refractivity contribution in [1.82, 2.24) is 9.97 Å². The number of carbonyl (C=O) groups excluding carboxylic acids is 1. The number of thiazole rings is 2. The van der Waals surface area contributed by atoms with E-state index in [9.17, 15) is 4.79 Å². The third-order valence-electron chi connectivity index (χ3n) is 3.55. The van der Waals surface area contributed by atoms with Gasteiger partial charge >= 0.3 is 7.69 Å². The van der Waals surface area contributed by atoms with Gasteiger partial charge in [0, 0.05) is 23.2 Å². The number of nitrogens with two attached hydrogens (primary N) is 1. The number of amides is 1. The minimum absolute atomic E-state index is 0.0993. The van der Waals surface area contributed by atoms with Crippen molar-refractivity contribution in [2.24, 2.45) is 0 Å². The summed E-state index contributed by atoms with van der Waals surface area (Å²) in [4.78, 5) is 18.6. The number of nitrogen functional groups attached to an aromatic ring is 1. The van der Waals surface area contributed by atoms with Crippen molar-refractivity contribution in [3.05, 3.63) is 71.2 Å². The minimum atomic E-state index is -0.0993. The molecular formula is C20H15BBrCl4N4O3S2. The van der Waals surface area contributed by atoms with Crippen LogP contribution in [0.5, 0.6) is 5.75 Å². The summed E-state index contributed by atoms with van der Waals surface area (Å²) >= 11 is 29.0. The van der Waals surface area contributed by atoms with E-state index in [-0.39, 0.29) is 5.91 Å². The maximum Gasteiger partial charge on any atom is 0.569 e. The van der Waals surface area contributed by atoms with E-state index in [0.717, 1.165) is 14.5 Å². The molecule has 2 aromatic heterocycles. The van der Waals surface area contributed by atoms with Crippen LogP contribution in [0.4, 0.5) is 11.6 Å². The van der Waals surface area contributed by atoms with Gasteiger partial charge in [-0.2, -0.15) is 0 Å². The van der Waals surface area contributed by atoms with Gasteiger partial charge in [0.05, 0.1) is 20.1 Å². The molecule has 0 atom stereocenters. The molecule has 2 aromatic carbocycles. The minimum Gasteiger partial charge on any atom is -0.537 e. The highest BCUT2D eigenvalue weighted by atomic mass is 79.9. The number of aromatic nitrogens is 2. The van der Waals surface area contributed by atoms with Crippen LogP contribution in [0, 0.1) is 0 Å². The molecule has 0 bridgehead atoms. The molecule has 4 N–H and O–H groups in total. The summed E-state index contributed by atoms with van der Waals surface area (Å²) in [5.74, 6) is 1.47. The summed E-state index contributed by atoms with van der Waals surface area (Å²) in [6.07, 6.45) is 0. The molecule has 15 heteroatoms. The van der Waals surface area contributed by atoms with E-state index in [2.05, 4.69) is 35.9 Å². The zero-order valence-electron chi connectivity index (χ0n) is 17.6. The van der Waals surface area contributed by atoms with E-state index in [4.69, 9.17) is 57.2 Å². The summed E-state index contributed by atoms with van der Waals surface area (Å²) < 4.78 is 5.40. The summed E-state index contributed by atoms with van der Waals surface area (Å²) in [6.45, 7) is 1.45. The van der Waals surface area contributed by atoms with Gasteiger partial charge in [0.1, 0.15) is 22.4 Å². The molecular weight excluding hydrogens is 641 g/mol. The lowest BCUT2D eigenvalue weighted by atomic mass is 10.2. The van der Waals surface area contributed by atoms with Gasteiger partial charge in [0.2, 0.25) is 5.91 Å². The predicted molar refractivity (Wildman–Crippen MR) is 151 cm³/mol. The number of hydrogen-bond donors (Lipinski definition) is 3. The van der Waals surface area contributed by atoms with Gasteiger partial charge in [-0.1, -0.05) is 52.5 Å². The molecule has 1 amide bonds. The first kappa shape index (κ1) is 29.7. The molecule has 0 aliphatic carbocycles. The monoisotopic (exact) mass is 653 g/mol. The van der Waals surface area contributed by atoms with Crippen molar-refractivity contribution in [3.8, 4) is 16.3 Å². The van der Waals surface area contributed by atoms with Crippen LogP contribution >= 0.6 is 85.0 Å². The van der Waals surface area contributed by atoms with Crippen LogP contribution in [-0.2, 0) is 4.79 Å². The van der Waals surface area contributed by atoms with Crippen LogP contribution < -0.4 is 15.7 Å². The lowest BCUT2D eigenvalue weighted by Crippen LogP contribution is -2.05. The van der Waals surface area contributed by atoms with Crippen LogP contribution in [0.2, 0.25) is 20.1 Å². The highest BCUT2D eigenvalue weighted by Gasteiger charge is 2.05. The number of halogens is 5. The lowest BCUT2D eigenvalue weighted by molar-refractivity contribution is -0.114. The fourth-order valence-electron chi connectivity index (χ4n) is 2.15. The van der Waals surface area contributed by atoms with Crippen molar-refractivity contribution in [2.75, 3.05) is 11.1 Å². The molecule has 0 fully saturated rings. The first-order chi connectivity index (χ1) is 16.6. The Labute approximate surface area is 238 Å². The van der Waals surface area contributed by atoms with E-state index in [1.165, 1.54) is 35.7 Å². The van der Waals surface area contributed by atoms with Crippen LogP contribution in [0.1, 0.15) is 6.92 Å². The lowest BCUT2D eigenvalue weighted by Gasteiger charge is -2.01. The van der Waals surface area contributed by atoms with Gasteiger partial charge in [-0.05, 0) is 46.3 Å².